The van der Waals surface area contributed by atoms with Crippen molar-refractivity contribution >= 4 is 39.5 Å². The lowest BCUT2D eigenvalue weighted by Gasteiger charge is -2.21. The molecule has 0 aromatic carbocycles. The summed E-state index contributed by atoms with van der Waals surface area (Å²) in [4.78, 5) is 73.0. The summed E-state index contributed by atoms with van der Waals surface area (Å²) in [5, 5.41) is 10.6. The highest BCUT2D eigenvalue weighted by molar-refractivity contribution is 7.47. The first kappa shape index (κ1) is 97.7. The van der Waals surface area contributed by atoms with Crippen LogP contribution >= 0.6 is 15.6 Å². The van der Waals surface area contributed by atoms with E-state index in [2.05, 4.69) is 137 Å². The molecule has 0 aromatic heterocycles. The van der Waals surface area contributed by atoms with Gasteiger partial charge < -0.3 is 33.8 Å². The molecular weight excluding hydrogens is 1330 g/mol. The first-order chi connectivity index (χ1) is 49.7. The number of allylic oxidation sites excluding steroid dienone is 18. The Hall–Kier alpha value is -4.28. The van der Waals surface area contributed by atoms with E-state index in [0.29, 0.717) is 25.7 Å². The third kappa shape index (κ3) is 74.0. The van der Waals surface area contributed by atoms with Gasteiger partial charge in [-0.3, -0.25) is 37.3 Å². The molecule has 3 N–H and O–H groups in total. The van der Waals surface area contributed by atoms with E-state index in [1.54, 1.807) is 0 Å². The van der Waals surface area contributed by atoms with Gasteiger partial charge in [0.05, 0.1) is 26.4 Å². The molecule has 0 aliphatic heterocycles. The third-order valence-electron chi connectivity index (χ3n) is 16.7. The second kappa shape index (κ2) is 75.0. The fourth-order valence-corrected chi connectivity index (χ4v) is 12.1. The summed E-state index contributed by atoms with van der Waals surface area (Å²) in [6.45, 7) is 4.64. The van der Waals surface area contributed by atoms with E-state index in [9.17, 15) is 43.2 Å². The quantitative estimate of drug-likeness (QED) is 0.0169. The minimum atomic E-state index is -4.98. The summed E-state index contributed by atoms with van der Waals surface area (Å²) in [7, 11) is -9.97. The molecule has 5 atom stereocenters. The maximum absolute atomic E-state index is 13.1. The summed E-state index contributed by atoms with van der Waals surface area (Å²) in [6.07, 6.45) is 80.6. The lowest BCUT2D eigenvalue weighted by molar-refractivity contribution is -0.161. The Labute approximate surface area is 619 Å². The standard InChI is InChI=1S/C83H144O17P2/c1-5-9-13-17-21-25-29-33-36-37-38-39-42-45-48-52-56-60-64-68-81(86)94-74-79(100-83(88)70-66-62-58-54-50-46-41-35-31-27-23-19-15-11-7-3)76-98-102(91,92)96-72-77(84)71-95-101(89,90)97-75-78(99-82(87)69-65-61-57-53-49-43-32-28-24-20-16-12-8-4)73-93-80(85)67-63-59-55-51-47-44-40-34-30-26-22-18-14-10-6-2/h10,14,16,20-22,25-26,28,32-36,38-41,77-79,84H,5-9,11-13,15,17-19,23-24,27,29-31,37,42-76H2,1-4H3,(H,89,90)(H,91,92)/b14-10-,20-16-,25-21-,26-22-,32-28-,36-33-,39-38-,40-34-,41-35-. The number of phosphoric acid groups is 2. The first-order valence-corrected chi connectivity index (χ1v) is 43.1. The molecule has 0 bridgehead atoms. The summed E-state index contributed by atoms with van der Waals surface area (Å²) in [5.41, 5.74) is 0. The number of aliphatic hydroxyl groups excluding tert-OH is 1. The van der Waals surface area contributed by atoms with Crippen molar-refractivity contribution in [3.63, 3.8) is 0 Å². The zero-order chi connectivity index (χ0) is 74.6. The third-order valence-corrected chi connectivity index (χ3v) is 18.6. The van der Waals surface area contributed by atoms with Crippen LogP contribution in [0.2, 0.25) is 0 Å². The number of esters is 4. The fraction of sp³-hybridized carbons (Fsp3) is 0.735. The van der Waals surface area contributed by atoms with Crippen molar-refractivity contribution in [2.24, 2.45) is 0 Å². The lowest BCUT2D eigenvalue weighted by Crippen LogP contribution is -2.30. The van der Waals surface area contributed by atoms with Crippen LogP contribution in [0.25, 0.3) is 0 Å². The molecule has 0 aromatic rings. The Bertz CT molecular complexity index is 2360. The SMILES string of the molecule is CC/C=C\C/C=C\C/C=C\CCCCCCCC(=O)OCC(COP(=O)(O)OCC(O)COP(=O)(O)OCC(COC(=O)CCCCCCCC/C=C\C/C=C\C/C=C\CCCCC)OC(=O)CCCCCCC/C=C\CCCCCCCC)OC(=O)CCCCCCC/C=C\C/C=C\CCC. The first-order valence-electron chi connectivity index (χ1n) is 40.1. The van der Waals surface area contributed by atoms with Crippen molar-refractivity contribution < 1.29 is 80.2 Å². The maximum Gasteiger partial charge on any atom is 0.472 e. The van der Waals surface area contributed by atoms with Crippen LogP contribution in [0, 0.1) is 0 Å². The average molecular weight is 1480 g/mol. The van der Waals surface area contributed by atoms with Crippen LogP contribution in [-0.4, -0.2) is 96.7 Å². The number of aliphatic hydroxyl groups is 1. The van der Waals surface area contributed by atoms with Crippen molar-refractivity contribution in [3.8, 4) is 0 Å². The van der Waals surface area contributed by atoms with E-state index < -0.39 is 97.5 Å². The Morgan fingerprint density at radius 3 is 0.853 bits per heavy atom. The van der Waals surface area contributed by atoms with E-state index in [4.69, 9.17) is 37.0 Å². The van der Waals surface area contributed by atoms with Crippen LogP contribution in [0.3, 0.4) is 0 Å². The molecule has 0 rings (SSSR count). The monoisotopic (exact) mass is 1470 g/mol. The zero-order valence-corrected chi connectivity index (χ0v) is 66.0. The van der Waals surface area contributed by atoms with Crippen LogP contribution in [0.1, 0.15) is 336 Å². The number of hydrogen-bond acceptors (Lipinski definition) is 15. The smallest absolute Gasteiger partial charge is 0.462 e. The summed E-state index contributed by atoms with van der Waals surface area (Å²) >= 11 is 0. The lowest BCUT2D eigenvalue weighted by atomic mass is 10.1. The Morgan fingerprint density at radius 1 is 0.284 bits per heavy atom. The van der Waals surface area contributed by atoms with Crippen molar-refractivity contribution in [1.82, 2.24) is 0 Å². The van der Waals surface area contributed by atoms with Crippen molar-refractivity contribution in [2.75, 3.05) is 39.6 Å². The minimum absolute atomic E-state index is 0.0735. The van der Waals surface area contributed by atoms with E-state index in [-0.39, 0.29) is 25.7 Å². The van der Waals surface area contributed by atoms with Gasteiger partial charge in [-0.1, -0.05) is 272 Å². The van der Waals surface area contributed by atoms with Crippen LogP contribution in [0.4, 0.5) is 0 Å². The second-order valence-corrected chi connectivity index (χ2v) is 29.5. The molecule has 0 heterocycles. The van der Waals surface area contributed by atoms with Gasteiger partial charge in [-0.05, 0) is 148 Å². The Morgan fingerprint density at radius 2 is 0.529 bits per heavy atom. The molecule has 102 heavy (non-hydrogen) atoms. The number of ether oxygens (including phenoxy) is 4. The Balaban J connectivity index is 5.37. The van der Waals surface area contributed by atoms with Crippen LogP contribution in [-0.2, 0) is 65.4 Å². The molecule has 0 spiro atoms. The highest BCUT2D eigenvalue weighted by Gasteiger charge is 2.30. The van der Waals surface area contributed by atoms with Gasteiger partial charge in [0.1, 0.15) is 19.3 Å². The molecule has 19 heteroatoms. The predicted molar refractivity (Wildman–Crippen MR) is 418 cm³/mol. The topological polar surface area (TPSA) is 237 Å². The van der Waals surface area contributed by atoms with Gasteiger partial charge in [0.25, 0.3) is 0 Å². The zero-order valence-electron chi connectivity index (χ0n) is 64.3. The van der Waals surface area contributed by atoms with E-state index in [0.717, 1.165) is 199 Å². The molecule has 0 saturated carbocycles. The summed E-state index contributed by atoms with van der Waals surface area (Å²) in [5.74, 6) is -2.22. The molecule has 0 aliphatic carbocycles. The average Bonchev–Trinajstić information content (AvgIpc) is 0.909. The van der Waals surface area contributed by atoms with Crippen LogP contribution < -0.4 is 0 Å². The van der Waals surface area contributed by atoms with Gasteiger partial charge in [0.15, 0.2) is 12.2 Å². The number of unbranched alkanes of at least 4 members (excludes halogenated alkanes) is 31. The highest BCUT2D eigenvalue weighted by atomic mass is 31.2. The van der Waals surface area contributed by atoms with Crippen molar-refractivity contribution in [3.05, 3.63) is 109 Å². The molecule has 0 saturated heterocycles. The molecule has 0 fully saturated rings. The second-order valence-electron chi connectivity index (χ2n) is 26.6. The van der Waals surface area contributed by atoms with E-state index >= 15 is 0 Å². The summed E-state index contributed by atoms with van der Waals surface area (Å²) in [6, 6.07) is 0. The summed E-state index contributed by atoms with van der Waals surface area (Å²) < 4.78 is 68.6. The van der Waals surface area contributed by atoms with Gasteiger partial charge in [-0.25, -0.2) is 9.13 Å². The maximum atomic E-state index is 13.1. The number of phosphoric ester groups is 2. The van der Waals surface area contributed by atoms with E-state index in [1.165, 1.54) is 57.8 Å². The molecule has 588 valence electrons. The van der Waals surface area contributed by atoms with Crippen LogP contribution in [0.5, 0.6) is 0 Å². The van der Waals surface area contributed by atoms with Crippen molar-refractivity contribution in [1.29, 1.82) is 0 Å². The number of rotatable bonds is 75. The largest absolute Gasteiger partial charge is 0.472 e. The molecule has 0 aliphatic rings. The van der Waals surface area contributed by atoms with E-state index in [1.807, 2.05) is 0 Å². The minimum Gasteiger partial charge on any atom is -0.462 e. The van der Waals surface area contributed by atoms with Gasteiger partial charge in [-0.2, -0.15) is 0 Å². The molecular formula is C83H144O17P2. The van der Waals surface area contributed by atoms with Gasteiger partial charge in [-0.15, -0.1) is 0 Å². The normalized spacial score (nSPS) is 14.5. The molecule has 5 unspecified atom stereocenters. The highest BCUT2D eigenvalue weighted by Crippen LogP contribution is 2.45. The number of carbonyl (C=O) groups excluding carboxylic acids is 4. The van der Waals surface area contributed by atoms with Gasteiger partial charge in [0.2, 0.25) is 0 Å². The molecule has 0 amide bonds. The predicted octanol–water partition coefficient (Wildman–Crippen LogP) is 23.3. The molecule has 0 radical (unpaired) electrons. The molecule has 17 nitrogen and oxygen atoms in total. The van der Waals surface area contributed by atoms with Gasteiger partial charge in [0, 0.05) is 25.7 Å². The number of hydrogen-bond donors (Lipinski definition) is 3. The van der Waals surface area contributed by atoms with Crippen molar-refractivity contribution in [2.45, 2.75) is 354 Å². The van der Waals surface area contributed by atoms with Gasteiger partial charge >= 0.3 is 39.5 Å². The number of carbonyl (C=O) groups is 4. The fourth-order valence-electron chi connectivity index (χ4n) is 10.6. The Kier molecular flexibility index (Phi) is 71.8. The van der Waals surface area contributed by atoms with Crippen LogP contribution in [0.15, 0.2) is 109 Å².